The zero-order chi connectivity index (χ0) is 10.4. The van der Waals surface area contributed by atoms with Crippen LogP contribution in [-0.4, -0.2) is 39.6 Å². The second-order valence-electron chi connectivity index (χ2n) is 2.20. The third-order valence-corrected chi connectivity index (χ3v) is 1.72. The van der Waals surface area contributed by atoms with E-state index in [0.29, 0.717) is 13.1 Å². The lowest BCUT2D eigenvalue weighted by molar-refractivity contribution is -0.130. The average Bonchev–Trinajstić information content (AvgIpc) is 2.07. The number of halogens is 1. The molecule has 0 aliphatic heterocycles. The summed E-state index contributed by atoms with van der Waals surface area (Å²) in [5, 5.41) is -1.06. The molecular formula is C7H10ClN3O2. The summed E-state index contributed by atoms with van der Waals surface area (Å²) < 4.78 is 0. The molecule has 1 amide bonds. The average molecular weight is 204 g/mol. The van der Waals surface area contributed by atoms with Gasteiger partial charge in [-0.1, -0.05) is 0 Å². The Kier molecular flexibility index (Phi) is 4.96. The molecule has 0 saturated heterocycles. The summed E-state index contributed by atoms with van der Waals surface area (Å²) in [7, 11) is 0. The number of amides is 1. The number of carbonyl (C=O) groups is 2. The lowest BCUT2D eigenvalue weighted by Gasteiger charge is -2.14. The first-order chi connectivity index (χ1) is 6.08. The Morgan fingerprint density at radius 3 is 2.08 bits per heavy atom. The van der Waals surface area contributed by atoms with Crippen LogP contribution in [0.3, 0.4) is 0 Å². The van der Waals surface area contributed by atoms with Crippen LogP contribution in [0.1, 0.15) is 13.8 Å². The highest BCUT2D eigenvalue weighted by Crippen LogP contribution is 1.93. The SMILES string of the molecule is CCN(CC)C(=O)C(=[N+]=[N-])C(=O)Cl. The van der Waals surface area contributed by atoms with E-state index in [9.17, 15) is 9.59 Å². The van der Waals surface area contributed by atoms with Crippen molar-refractivity contribution in [3.63, 3.8) is 0 Å². The van der Waals surface area contributed by atoms with E-state index in [-0.39, 0.29) is 0 Å². The molecule has 0 unspecified atom stereocenters. The van der Waals surface area contributed by atoms with Gasteiger partial charge in [-0.3, -0.25) is 9.59 Å². The van der Waals surface area contributed by atoms with E-state index >= 15 is 0 Å². The second-order valence-corrected chi connectivity index (χ2v) is 2.54. The lowest BCUT2D eigenvalue weighted by Crippen LogP contribution is -2.39. The van der Waals surface area contributed by atoms with Crippen molar-refractivity contribution in [1.29, 1.82) is 0 Å². The van der Waals surface area contributed by atoms with E-state index in [4.69, 9.17) is 17.1 Å². The van der Waals surface area contributed by atoms with E-state index in [2.05, 4.69) is 4.79 Å². The molecule has 0 aliphatic rings. The van der Waals surface area contributed by atoms with Crippen molar-refractivity contribution >= 4 is 28.5 Å². The molecule has 0 aromatic rings. The summed E-state index contributed by atoms with van der Waals surface area (Å²) >= 11 is 5.02. The molecule has 0 fully saturated rings. The van der Waals surface area contributed by atoms with Crippen molar-refractivity contribution < 1.29 is 14.4 Å². The Hall–Kier alpha value is -1.19. The van der Waals surface area contributed by atoms with E-state index < -0.39 is 16.9 Å². The van der Waals surface area contributed by atoms with Crippen LogP contribution in [0.15, 0.2) is 0 Å². The van der Waals surface area contributed by atoms with Gasteiger partial charge in [-0.05, 0) is 25.4 Å². The van der Waals surface area contributed by atoms with Crippen LogP contribution in [0, 0.1) is 0 Å². The third kappa shape index (κ3) is 2.97. The van der Waals surface area contributed by atoms with Gasteiger partial charge in [-0.15, -0.1) is 0 Å². The maximum absolute atomic E-state index is 11.3. The van der Waals surface area contributed by atoms with Crippen molar-refractivity contribution in [3.8, 4) is 0 Å². The Bertz CT molecular complexity index is 267. The van der Waals surface area contributed by atoms with Gasteiger partial charge in [0.1, 0.15) is 0 Å². The first-order valence-corrected chi connectivity index (χ1v) is 4.17. The van der Waals surface area contributed by atoms with Crippen LogP contribution in [-0.2, 0) is 9.59 Å². The van der Waals surface area contributed by atoms with Gasteiger partial charge in [0.2, 0.25) is 0 Å². The lowest BCUT2D eigenvalue weighted by atomic mass is 10.3. The van der Waals surface area contributed by atoms with Crippen LogP contribution in [0.5, 0.6) is 0 Å². The van der Waals surface area contributed by atoms with Gasteiger partial charge < -0.3 is 10.4 Å². The third-order valence-electron chi connectivity index (χ3n) is 1.54. The van der Waals surface area contributed by atoms with Gasteiger partial charge in [0, 0.05) is 13.1 Å². The van der Waals surface area contributed by atoms with Crippen LogP contribution in [0.2, 0.25) is 0 Å². The highest BCUT2D eigenvalue weighted by Gasteiger charge is 2.31. The molecule has 72 valence electrons. The Labute approximate surface area is 80.9 Å². The Morgan fingerprint density at radius 2 is 1.85 bits per heavy atom. The molecule has 0 spiro atoms. The highest BCUT2D eigenvalue weighted by molar-refractivity contribution is 6.89. The fourth-order valence-electron chi connectivity index (χ4n) is 0.827. The number of carbonyl (C=O) groups excluding carboxylic acids is 2. The normalized spacial score (nSPS) is 8.85. The smallest absolute Gasteiger partial charge is 0.360 e. The Morgan fingerprint density at radius 1 is 1.38 bits per heavy atom. The van der Waals surface area contributed by atoms with Gasteiger partial charge in [-0.25, -0.2) is 0 Å². The fourth-order valence-corrected chi connectivity index (χ4v) is 0.945. The zero-order valence-corrected chi connectivity index (χ0v) is 8.21. The number of nitrogens with zero attached hydrogens (tertiary/aromatic N) is 3. The molecular weight excluding hydrogens is 194 g/mol. The molecule has 0 atom stereocenters. The summed E-state index contributed by atoms with van der Waals surface area (Å²) in [4.78, 5) is 25.8. The number of rotatable bonds is 4. The summed E-state index contributed by atoms with van der Waals surface area (Å²) in [5.74, 6) is -0.660. The zero-order valence-electron chi connectivity index (χ0n) is 7.45. The molecule has 0 aromatic carbocycles. The van der Waals surface area contributed by atoms with Gasteiger partial charge in [0.15, 0.2) is 0 Å². The topological polar surface area (TPSA) is 73.8 Å². The van der Waals surface area contributed by atoms with Crippen molar-refractivity contribution in [2.75, 3.05) is 13.1 Å². The minimum atomic E-state index is -1.06. The van der Waals surface area contributed by atoms with Crippen LogP contribution < -0.4 is 0 Å². The molecule has 0 aromatic heterocycles. The van der Waals surface area contributed by atoms with Gasteiger partial charge >= 0.3 is 16.9 Å². The predicted molar refractivity (Wildman–Crippen MR) is 47.4 cm³/mol. The minimum absolute atomic E-state index is 0.429. The summed E-state index contributed by atoms with van der Waals surface area (Å²) in [5.41, 5.74) is 7.69. The molecule has 0 rings (SSSR count). The van der Waals surface area contributed by atoms with E-state index in [1.165, 1.54) is 4.90 Å². The van der Waals surface area contributed by atoms with Gasteiger partial charge in [0.05, 0.1) is 0 Å². The molecule has 5 nitrogen and oxygen atoms in total. The number of hydrogen-bond acceptors (Lipinski definition) is 2. The van der Waals surface area contributed by atoms with E-state index in [1.807, 2.05) is 0 Å². The predicted octanol–water partition coefficient (Wildman–Crippen LogP) is 0.291. The first kappa shape index (κ1) is 11.8. The molecule has 0 aliphatic carbocycles. The van der Waals surface area contributed by atoms with Crippen molar-refractivity contribution in [2.45, 2.75) is 13.8 Å². The van der Waals surface area contributed by atoms with Crippen LogP contribution in [0.25, 0.3) is 5.53 Å². The summed E-state index contributed by atoms with van der Waals surface area (Å²) in [6, 6.07) is 0. The quantitative estimate of drug-likeness (QED) is 0.217. The standard InChI is InChI=1S/C7H10ClN3O2/c1-3-11(4-2)7(13)5(10-9)6(8)12/h3-4H2,1-2H3. The van der Waals surface area contributed by atoms with Gasteiger partial charge in [0.25, 0.3) is 0 Å². The summed E-state index contributed by atoms with van der Waals surface area (Å²) in [6.07, 6.45) is 0. The monoisotopic (exact) mass is 203 g/mol. The maximum Gasteiger partial charge on any atom is 0.438 e. The maximum atomic E-state index is 11.3. The van der Waals surface area contributed by atoms with Gasteiger partial charge in [-0.2, -0.15) is 4.79 Å². The molecule has 6 heteroatoms. The molecule has 0 saturated carbocycles. The molecule has 0 heterocycles. The van der Waals surface area contributed by atoms with E-state index in [1.54, 1.807) is 13.8 Å². The first-order valence-electron chi connectivity index (χ1n) is 3.79. The molecule has 0 radical (unpaired) electrons. The number of hydrogen-bond donors (Lipinski definition) is 0. The molecule has 13 heavy (non-hydrogen) atoms. The van der Waals surface area contributed by atoms with Crippen LogP contribution >= 0.6 is 11.6 Å². The highest BCUT2D eigenvalue weighted by atomic mass is 35.5. The van der Waals surface area contributed by atoms with Crippen molar-refractivity contribution in [1.82, 2.24) is 4.90 Å². The Balaban J connectivity index is 4.75. The van der Waals surface area contributed by atoms with Crippen LogP contribution in [0.4, 0.5) is 0 Å². The fraction of sp³-hybridized carbons (Fsp3) is 0.571. The van der Waals surface area contributed by atoms with Crippen molar-refractivity contribution in [2.24, 2.45) is 0 Å². The molecule has 0 N–H and O–H groups in total. The van der Waals surface area contributed by atoms with E-state index in [0.717, 1.165) is 0 Å². The second kappa shape index (κ2) is 5.45. The summed E-state index contributed by atoms with van der Waals surface area (Å²) in [6.45, 7) is 4.35. The minimum Gasteiger partial charge on any atom is -0.360 e. The molecule has 0 bridgehead atoms. The largest absolute Gasteiger partial charge is 0.438 e. The van der Waals surface area contributed by atoms with Crippen molar-refractivity contribution in [3.05, 3.63) is 5.53 Å².